The Morgan fingerprint density at radius 3 is 1.32 bits per heavy atom. The molecule has 0 aliphatic rings. The van der Waals surface area contributed by atoms with Crippen LogP contribution < -0.4 is 18.9 Å². The first-order valence-corrected chi connectivity index (χ1v) is 6.85. The zero-order chi connectivity index (χ0) is 15.8. The first-order valence-electron chi connectivity index (χ1n) is 6.85. The molecule has 0 unspecified atom stereocenters. The van der Waals surface area contributed by atoms with E-state index in [0.717, 1.165) is 11.5 Å². The summed E-state index contributed by atoms with van der Waals surface area (Å²) in [6, 6.07) is 14.6. The Balaban J connectivity index is 2.01. The van der Waals surface area contributed by atoms with E-state index >= 15 is 0 Å². The van der Waals surface area contributed by atoms with Gasteiger partial charge in [0.2, 0.25) is 0 Å². The first-order chi connectivity index (χ1) is 10.7. The SMILES string of the molecule is COCC(Oc1ccc(OC)cc1)Oc1ccc(OC)cc1. The molecular formula is C17H20O5. The van der Waals surface area contributed by atoms with Gasteiger partial charge in [-0.25, -0.2) is 0 Å². The summed E-state index contributed by atoms with van der Waals surface area (Å²) in [6.07, 6.45) is -0.549. The molecule has 0 bridgehead atoms. The van der Waals surface area contributed by atoms with Crippen LogP contribution in [-0.2, 0) is 4.74 Å². The smallest absolute Gasteiger partial charge is 0.264 e. The van der Waals surface area contributed by atoms with Crippen LogP contribution in [0.15, 0.2) is 48.5 Å². The Hall–Kier alpha value is -2.40. The van der Waals surface area contributed by atoms with Crippen molar-refractivity contribution in [3.8, 4) is 23.0 Å². The Morgan fingerprint density at radius 1 is 0.636 bits per heavy atom. The minimum absolute atomic E-state index is 0.304. The van der Waals surface area contributed by atoms with Crippen molar-refractivity contribution in [1.29, 1.82) is 0 Å². The molecule has 2 aromatic rings. The van der Waals surface area contributed by atoms with E-state index in [2.05, 4.69) is 0 Å². The van der Waals surface area contributed by atoms with Crippen LogP contribution in [0, 0.1) is 0 Å². The minimum Gasteiger partial charge on any atom is -0.497 e. The highest BCUT2D eigenvalue weighted by molar-refractivity contribution is 5.32. The van der Waals surface area contributed by atoms with Crippen molar-refractivity contribution in [2.45, 2.75) is 6.29 Å². The number of benzene rings is 2. The molecule has 0 N–H and O–H groups in total. The zero-order valence-electron chi connectivity index (χ0n) is 12.9. The monoisotopic (exact) mass is 304 g/mol. The molecule has 0 aromatic heterocycles. The molecule has 0 radical (unpaired) electrons. The van der Waals surface area contributed by atoms with Gasteiger partial charge in [0, 0.05) is 7.11 Å². The second-order valence-corrected chi connectivity index (χ2v) is 4.47. The minimum atomic E-state index is -0.549. The summed E-state index contributed by atoms with van der Waals surface area (Å²) in [7, 11) is 4.84. The Kier molecular flexibility index (Phi) is 5.91. The average Bonchev–Trinajstić information content (AvgIpc) is 2.56. The van der Waals surface area contributed by atoms with Gasteiger partial charge in [-0.05, 0) is 48.5 Å². The predicted molar refractivity (Wildman–Crippen MR) is 82.9 cm³/mol. The topological polar surface area (TPSA) is 46.2 Å². The van der Waals surface area contributed by atoms with E-state index in [4.69, 9.17) is 23.7 Å². The average molecular weight is 304 g/mol. The van der Waals surface area contributed by atoms with E-state index in [-0.39, 0.29) is 0 Å². The molecule has 0 amide bonds. The molecule has 0 aliphatic carbocycles. The molecule has 0 saturated heterocycles. The van der Waals surface area contributed by atoms with Gasteiger partial charge in [0.15, 0.2) is 0 Å². The summed E-state index contributed by atoms with van der Waals surface area (Å²) in [5, 5.41) is 0. The predicted octanol–water partition coefficient (Wildman–Crippen LogP) is 3.13. The summed E-state index contributed by atoms with van der Waals surface area (Å²) in [6.45, 7) is 0.304. The zero-order valence-corrected chi connectivity index (χ0v) is 12.9. The van der Waals surface area contributed by atoms with Crippen molar-refractivity contribution in [2.24, 2.45) is 0 Å². The number of rotatable bonds is 8. The van der Waals surface area contributed by atoms with Gasteiger partial charge in [-0.1, -0.05) is 0 Å². The highest BCUT2D eigenvalue weighted by Gasteiger charge is 2.12. The molecule has 0 heterocycles. The maximum atomic E-state index is 5.78. The lowest BCUT2D eigenvalue weighted by Gasteiger charge is -2.20. The summed E-state index contributed by atoms with van der Waals surface area (Å²) >= 11 is 0. The van der Waals surface area contributed by atoms with Gasteiger partial charge in [0.1, 0.15) is 29.6 Å². The molecule has 5 heteroatoms. The molecule has 22 heavy (non-hydrogen) atoms. The second-order valence-electron chi connectivity index (χ2n) is 4.47. The maximum Gasteiger partial charge on any atom is 0.264 e. The van der Waals surface area contributed by atoms with E-state index in [0.29, 0.717) is 18.1 Å². The van der Waals surface area contributed by atoms with E-state index in [1.165, 1.54) is 0 Å². The summed E-state index contributed by atoms with van der Waals surface area (Å²) < 4.78 is 26.9. The van der Waals surface area contributed by atoms with Crippen molar-refractivity contribution < 1.29 is 23.7 Å². The van der Waals surface area contributed by atoms with Crippen LogP contribution >= 0.6 is 0 Å². The van der Waals surface area contributed by atoms with E-state index in [1.54, 1.807) is 21.3 Å². The highest BCUT2D eigenvalue weighted by Crippen LogP contribution is 2.21. The quantitative estimate of drug-likeness (QED) is 0.701. The lowest BCUT2D eigenvalue weighted by Crippen LogP contribution is -2.29. The Labute approximate surface area is 130 Å². The Morgan fingerprint density at radius 2 is 1.00 bits per heavy atom. The van der Waals surface area contributed by atoms with Crippen LogP contribution in [0.5, 0.6) is 23.0 Å². The van der Waals surface area contributed by atoms with Gasteiger partial charge in [-0.3, -0.25) is 0 Å². The third kappa shape index (κ3) is 4.56. The normalized spacial score (nSPS) is 10.4. The van der Waals surface area contributed by atoms with Crippen LogP contribution in [0.3, 0.4) is 0 Å². The maximum absolute atomic E-state index is 5.78. The van der Waals surface area contributed by atoms with Crippen LogP contribution in [0.2, 0.25) is 0 Å². The molecule has 2 aromatic carbocycles. The summed E-state index contributed by atoms with van der Waals surface area (Å²) in [5.41, 5.74) is 0. The lowest BCUT2D eigenvalue weighted by atomic mass is 10.3. The second kappa shape index (κ2) is 8.14. The molecule has 2 rings (SSSR count). The van der Waals surface area contributed by atoms with Crippen molar-refractivity contribution in [1.82, 2.24) is 0 Å². The van der Waals surface area contributed by atoms with Gasteiger partial charge in [0.05, 0.1) is 14.2 Å². The fraction of sp³-hybridized carbons (Fsp3) is 0.294. The summed E-state index contributed by atoms with van der Waals surface area (Å²) in [5.74, 6) is 2.89. The van der Waals surface area contributed by atoms with Crippen LogP contribution in [0.25, 0.3) is 0 Å². The Bertz CT molecular complexity index is 501. The van der Waals surface area contributed by atoms with Crippen molar-refractivity contribution >= 4 is 0 Å². The molecule has 0 atom stereocenters. The fourth-order valence-electron chi connectivity index (χ4n) is 1.84. The molecule has 118 valence electrons. The molecule has 0 fully saturated rings. The van der Waals surface area contributed by atoms with Gasteiger partial charge in [0.25, 0.3) is 6.29 Å². The van der Waals surface area contributed by atoms with Crippen molar-refractivity contribution in [3.05, 3.63) is 48.5 Å². The summed E-state index contributed by atoms with van der Waals surface area (Å²) in [4.78, 5) is 0. The molecular weight excluding hydrogens is 284 g/mol. The molecule has 0 saturated carbocycles. The van der Waals surface area contributed by atoms with Crippen molar-refractivity contribution in [2.75, 3.05) is 27.9 Å². The lowest BCUT2D eigenvalue weighted by molar-refractivity contribution is -0.0478. The van der Waals surface area contributed by atoms with E-state index in [9.17, 15) is 0 Å². The third-order valence-electron chi connectivity index (χ3n) is 2.96. The van der Waals surface area contributed by atoms with Crippen LogP contribution in [0.1, 0.15) is 0 Å². The third-order valence-corrected chi connectivity index (χ3v) is 2.96. The van der Waals surface area contributed by atoms with E-state index < -0.39 is 6.29 Å². The first kappa shape index (κ1) is 16.0. The van der Waals surface area contributed by atoms with Gasteiger partial charge < -0.3 is 23.7 Å². The van der Waals surface area contributed by atoms with Gasteiger partial charge >= 0.3 is 0 Å². The number of hydrogen-bond acceptors (Lipinski definition) is 5. The van der Waals surface area contributed by atoms with Gasteiger partial charge in [-0.15, -0.1) is 0 Å². The standard InChI is InChI=1S/C17H20O5/c1-18-12-17(21-15-8-4-13(19-2)5-9-15)22-16-10-6-14(20-3)7-11-16/h4-11,17H,12H2,1-3H3. The van der Waals surface area contributed by atoms with E-state index in [1.807, 2.05) is 48.5 Å². The number of ether oxygens (including phenoxy) is 5. The highest BCUT2D eigenvalue weighted by atomic mass is 16.7. The fourth-order valence-corrected chi connectivity index (χ4v) is 1.84. The number of hydrogen-bond donors (Lipinski definition) is 0. The largest absolute Gasteiger partial charge is 0.497 e. The number of methoxy groups -OCH3 is 3. The van der Waals surface area contributed by atoms with Crippen molar-refractivity contribution in [3.63, 3.8) is 0 Å². The molecule has 0 aliphatic heterocycles. The van der Waals surface area contributed by atoms with Gasteiger partial charge in [-0.2, -0.15) is 0 Å². The molecule has 0 spiro atoms. The van der Waals surface area contributed by atoms with Crippen LogP contribution in [0.4, 0.5) is 0 Å². The van der Waals surface area contributed by atoms with Crippen LogP contribution in [-0.4, -0.2) is 34.2 Å². The molecule has 5 nitrogen and oxygen atoms in total.